The molecule has 102 valence electrons. The molecule has 0 amide bonds. The van der Waals surface area contributed by atoms with Gasteiger partial charge in [-0.25, -0.2) is 9.37 Å². The van der Waals surface area contributed by atoms with Crippen LogP contribution in [0.4, 0.5) is 10.3 Å². The van der Waals surface area contributed by atoms with Gasteiger partial charge >= 0.3 is 0 Å². The van der Waals surface area contributed by atoms with Gasteiger partial charge in [-0.1, -0.05) is 13.3 Å². The Labute approximate surface area is 111 Å². The van der Waals surface area contributed by atoms with Crippen molar-refractivity contribution in [3.05, 3.63) is 17.5 Å². The number of anilines is 1. The summed E-state index contributed by atoms with van der Waals surface area (Å²) in [6.07, 6.45) is 3.96. The number of aromatic nitrogens is 3. The molecule has 0 radical (unpaired) electrons. The molecule has 1 aromatic rings. The fourth-order valence-electron chi connectivity index (χ4n) is 2.04. The van der Waals surface area contributed by atoms with Crippen LogP contribution in [0.2, 0.25) is 0 Å². The molecular formula is C13H17FN4O. The van der Waals surface area contributed by atoms with E-state index in [1.54, 1.807) is 0 Å². The van der Waals surface area contributed by atoms with E-state index in [2.05, 4.69) is 21.9 Å². The highest BCUT2D eigenvalue weighted by Crippen LogP contribution is 2.29. The molecular weight excluding hydrogens is 247 g/mol. The number of aryl methyl sites for hydroxylation is 1. The molecule has 0 fully saturated rings. The van der Waals surface area contributed by atoms with Crippen LogP contribution in [-0.4, -0.2) is 20.7 Å². The normalized spacial score (nSPS) is 16.0. The number of nitrogens with two attached hydrogens (primary N) is 1. The summed E-state index contributed by atoms with van der Waals surface area (Å²) in [5, 5.41) is 0. The van der Waals surface area contributed by atoms with Gasteiger partial charge in [-0.05, 0) is 19.3 Å². The van der Waals surface area contributed by atoms with Gasteiger partial charge in [0.05, 0.1) is 0 Å². The average molecular weight is 264 g/mol. The number of ketones is 1. The van der Waals surface area contributed by atoms with Crippen molar-refractivity contribution in [1.29, 1.82) is 0 Å². The summed E-state index contributed by atoms with van der Waals surface area (Å²) in [6.45, 7) is 2.06. The Hall–Kier alpha value is -1.85. The molecule has 1 aliphatic rings. The summed E-state index contributed by atoms with van der Waals surface area (Å²) in [5.41, 5.74) is 5.89. The van der Waals surface area contributed by atoms with Crippen molar-refractivity contribution in [1.82, 2.24) is 15.0 Å². The first-order valence-electron chi connectivity index (χ1n) is 6.54. The van der Waals surface area contributed by atoms with E-state index in [1.807, 2.05) is 0 Å². The average Bonchev–Trinajstić information content (AvgIpc) is 2.39. The fraction of sp³-hybridized carbons (Fsp3) is 0.538. The summed E-state index contributed by atoms with van der Waals surface area (Å²) >= 11 is 0. The first kappa shape index (κ1) is 13.6. The predicted octanol–water partition coefficient (Wildman–Crippen LogP) is 2.23. The van der Waals surface area contributed by atoms with Crippen molar-refractivity contribution in [2.75, 3.05) is 5.73 Å². The lowest BCUT2D eigenvalue weighted by Crippen LogP contribution is -2.12. The van der Waals surface area contributed by atoms with Gasteiger partial charge in [0.2, 0.25) is 5.95 Å². The SMILES string of the molecule is CCCCc1nc(N)nc(C2=C(F)C(=O)CCC2)n1. The van der Waals surface area contributed by atoms with Gasteiger partial charge in [0.25, 0.3) is 0 Å². The minimum absolute atomic E-state index is 0.0782. The molecule has 0 saturated carbocycles. The van der Waals surface area contributed by atoms with Crippen LogP contribution in [0.1, 0.15) is 50.7 Å². The second kappa shape index (κ2) is 5.86. The lowest BCUT2D eigenvalue weighted by Gasteiger charge is -2.13. The van der Waals surface area contributed by atoms with E-state index in [1.165, 1.54) is 0 Å². The van der Waals surface area contributed by atoms with Gasteiger partial charge in [-0.15, -0.1) is 0 Å². The molecule has 0 spiro atoms. The maximum absolute atomic E-state index is 13.8. The summed E-state index contributed by atoms with van der Waals surface area (Å²) in [6, 6.07) is 0. The predicted molar refractivity (Wildman–Crippen MR) is 69.7 cm³/mol. The summed E-state index contributed by atoms with van der Waals surface area (Å²) in [7, 11) is 0. The van der Waals surface area contributed by atoms with E-state index in [-0.39, 0.29) is 23.8 Å². The van der Waals surface area contributed by atoms with Crippen LogP contribution in [0.15, 0.2) is 5.83 Å². The number of hydrogen-bond acceptors (Lipinski definition) is 5. The van der Waals surface area contributed by atoms with Crippen LogP contribution in [0.3, 0.4) is 0 Å². The molecule has 0 unspecified atom stereocenters. The van der Waals surface area contributed by atoms with Crippen molar-refractivity contribution in [2.24, 2.45) is 0 Å². The van der Waals surface area contributed by atoms with Crippen LogP contribution in [0, 0.1) is 0 Å². The number of nitrogens with zero attached hydrogens (tertiary/aromatic N) is 3. The van der Waals surface area contributed by atoms with Gasteiger partial charge in [-0.3, -0.25) is 4.79 Å². The Kier molecular flexibility index (Phi) is 4.19. The highest BCUT2D eigenvalue weighted by Gasteiger charge is 2.24. The van der Waals surface area contributed by atoms with E-state index in [0.717, 1.165) is 12.8 Å². The molecule has 1 aliphatic carbocycles. The lowest BCUT2D eigenvalue weighted by atomic mass is 9.97. The van der Waals surface area contributed by atoms with Gasteiger partial charge in [0.1, 0.15) is 5.82 Å². The quantitative estimate of drug-likeness (QED) is 0.901. The molecule has 1 aromatic heterocycles. The summed E-state index contributed by atoms with van der Waals surface area (Å²) in [4.78, 5) is 23.6. The fourth-order valence-corrected chi connectivity index (χ4v) is 2.04. The van der Waals surface area contributed by atoms with Crippen LogP contribution in [0.25, 0.3) is 5.57 Å². The zero-order chi connectivity index (χ0) is 13.8. The molecule has 2 N–H and O–H groups in total. The third-order valence-corrected chi connectivity index (χ3v) is 3.06. The number of halogens is 1. The zero-order valence-corrected chi connectivity index (χ0v) is 10.9. The monoisotopic (exact) mass is 264 g/mol. The molecule has 0 atom stereocenters. The number of carbonyl (C=O) groups excluding carboxylic acids is 1. The summed E-state index contributed by atoms with van der Waals surface area (Å²) < 4.78 is 13.8. The number of allylic oxidation sites excluding steroid dienone is 2. The minimum Gasteiger partial charge on any atom is -0.368 e. The van der Waals surface area contributed by atoms with E-state index >= 15 is 0 Å². The van der Waals surface area contributed by atoms with E-state index in [0.29, 0.717) is 25.1 Å². The van der Waals surface area contributed by atoms with Crippen molar-refractivity contribution >= 4 is 17.3 Å². The molecule has 0 aromatic carbocycles. The number of unbranched alkanes of at least 4 members (excludes halogenated alkanes) is 1. The minimum atomic E-state index is -0.724. The topological polar surface area (TPSA) is 81.8 Å². The number of nitrogen functional groups attached to an aromatic ring is 1. The van der Waals surface area contributed by atoms with Crippen molar-refractivity contribution in [2.45, 2.75) is 45.4 Å². The Morgan fingerprint density at radius 3 is 2.79 bits per heavy atom. The van der Waals surface area contributed by atoms with Crippen molar-refractivity contribution in [3.8, 4) is 0 Å². The smallest absolute Gasteiger partial charge is 0.223 e. The third kappa shape index (κ3) is 3.13. The van der Waals surface area contributed by atoms with Crippen LogP contribution < -0.4 is 5.73 Å². The van der Waals surface area contributed by atoms with Gasteiger partial charge in [0.15, 0.2) is 17.4 Å². The second-order valence-electron chi connectivity index (χ2n) is 4.61. The second-order valence-corrected chi connectivity index (χ2v) is 4.61. The highest BCUT2D eigenvalue weighted by atomic mass is 19.1. The van der Waals surface area contributed by atoms with Crippen LogP contribution in [-0.2, 0) is 11.2 Å². The number of hydrogen-bond donors (Lipinski definition) is 1. The highest BCUT2D eigenvalue weighted by molar-refractivity contribution is 6.01. The number of carbonyl (C=O) groups is 1. The maximum Gasteiger partial charge on any atom is 0.223 e. The van der Waals surface area contributed by atoms with Crippen molar-refractivity contribution < 1.29 is 9.18 Å². The first-order chi connectivity index (χ1) is 9.11. The zero-order valence-electron chi connectivity index (χ0n) is 10.9. The molecule has 2 rings (SSSR count). The Balaban J connectivity index is 2.36. The van der Waals surface area contributed by atoms with E-state index in [9.17, 15) is 9.18 Å². The summed E-state index contributed by atoms with van der Waals surface area (Å²) in [5.74, 6) is -0.352. The molecule has 19 heavy (non-hydrogen) atoms. The lowest BCUT2D eigenvalue weighted by molar-refractivity contribution is -0.117. The largest absolute Gasteiger partial charge is 0.368 e. The van der Waals surface area contributed by atoms with Gasteiger partial charge in [-0.2, -0.15) is 9.97 Å². The van der Waals surface area contributed by atoms with Gasteiger partial charge in [0, 0.05) is 18.4 Å². The molecule has 1 heterocycles. The number of rotatable bonds is 4. The molecule has 0 saturated heterocycles. The molecule has 0 bridgehead atoms. The Morgan fingerprint density at radius 1 is 1.26 bits per heavy atom. The molecule has 6 heteroatoms. The van der Waals surface area contributed by atoms with E-state index < -0.39 is 11.6 Å². The first-order valence-corrected chi connectivity index (χ1v) is 6.54. The maximum atomic E-state index is 13.8. The van der Waals surface area contributed by atoms with Crippen LogP contribution in [0.5, 0.6) is 0 Å². The van der Waals surface area contributed by atoms with Crippen LogP contribution >= 0.6 is 0 Å². The van der Waals surface area contributed by atoms with E-state index in [4.69, 9.17) is 5.73 Å². The molecule has 0 aliphatic heterocycles. The molecule has 5 nitrogen and oxygen atoms in total. The Bertz CT molecular complexity index is 527. The van der Waals surface area contributed by atoms with Gasteiger partial charge < -0.3 is 5.73 Å². The third-order valence-electron chi connectivity index (χ3n) is 3.06. The van der Waals surface area contributed by atoms with Crippen molar-refractivity contribution in [3.63, 3.8) is 0 Å². The Morgan fingerprint density at radius 2 is 2.05 bits per heavy atom. The standard InChI is InChI=1S/C13H17FN4O/c1-2-3-7-10-16-12(18-13(15)17-10)8-5-4-6-9(19)11(8)14/h2-7H2,1H3,(H2,15,16,17,18). The number of Topliss-reactive ketones (excluding diaryl/α,β-unsaturated/α-hetero) is 1.